The quantitative estimate of drug-likeness (QED) is 0.396. The highest BCUT2D eigenvalue weighted by Gasteiger charge is 2.18. The summed E-state index contributed by atoms with van der Waals surface area (Å²) in [5.74, 6) is 0.769. The number of nitrogens with one attached hydrogen (secondary N) is 1. The third-order valence-corrected chi connectivity index (χ3v) is 7.19. The summed E-state index contributed by atoms with van der Waals surface area (Å²) in [6, 6.07) is 10.8. The minimum Gasteiger partial charge on any atom is -0.396 e. The molecule has 1 fully saturated rings. The number of H-pyrrole nitrogens is 1. The Kier molecular flexibility index (Phi) is 5.51. The van der Waals surface area contributed by atoms with Gasteiger partial charge in [-0.25, -0.2) is 14.3 Å². The molecule has 0 unspecified atom stereocenters. The number of halogens is 1. The number of fused-ring (bicyclic) bond motifs is 1. The van der Waals surface area contributed by atoms with E-state index in [1.54, 1.807) is 18.1 Å². The number of nitrogens with zero attached hydrogens (tertiary/aromatic N) is 4. The summed E-state index contributed by atoms with van der Waals surface area (Å²) in [4.78, 5) is 13.7. The van der Waals surface area contributed by atoms with Gasteiger partial charge in [0.2, 0.25) is 0 Å². The van der Waals surface area contributed by atoms with Crippen LogP contribution in [0.4, 0.5) is 5.69 Å². The van der Waals surface area contributed by atoms with E-state index in [2.05, 4.69) is 78.9 Å². The number of aromatic nitrogens is 4. The number of benzene rings is 1. The van der Waals surface area contributed by atoms with Crippen molar-refractivity contribution in [2.75, 3.05) is 32.0 Å². The number of pyridine rings is 1. The summed E-state index contributed by atoms with van der Waals surface area (Å²) in [6.45, 7) is 7.70. The molecule has 31 heavy (non-hydrogen) atoms. The van der Waals surface area contributed by atoms with Crippen LogP contribution in [-0.2, 0) is 4.74 Å². The molecule has 3 aromatic heterocycles. The van der Waals surface area contributed by atoms with Crippen LogP contribution in [-0.4, -0.2) is 50.1 Å². The number of anilines is 1. The SMILES string of the molecule is Cc1cc(-c2nc3c(N)c(Br)cnc3[nH]2)c(C)n1-c1cccc(SN2CCOCC2)c1. The van der Waals surface area contributed by atoms with E-state index < -0.39 is 0 Å². The number of imidazole rings is 1. The second-order valence-corrected chi connectivity index (χ2v) is 9.58. The van der Waals surface area contributed by atoms with Gasteiger partial charge in [0.05, 0.1) is 23.4 Å². The molecular formula is C22H23BrN6OS. The smallest absolute Gasteiger partial charge is 0.159 e. The molecule has 0 radical (unpaired) electrons. The Labute approximate surface area is 193 Å². The summed E-state index contributed by atoms with van der Waals surface area (Å²) in [6.07, 6.45) is 1.69. The zero-order valence-corrected chi connectivity index (χ0v) is 19.8. The number of morpholine rings is 1. The molecule has 1 aromatic carbocycles. The molecule has 1 aliphatic heterocycles. The highest BCUT2D eigenvalue weighted by Crippen LogP contribution is 2.33. The molecule has 5 rings (SSSR count). The van der Waals surface area contributed by atoms with Gasteiger partial charge in [0, 0.05) is 46.8 Å². The number of hydrogen-bond donors (Lipinski definition) is 2. The first-order valence-corrected chi connectivity index (χ1v) is 11.7. The Morgan fingerprint density at radius 3 is 2.81 bits per heavy atom. The summed E-state index contributed by atoms with van der Waals surface area (Å²) in [5, 5.41) is 0. The molecule has 0 saturated carbocycles. The zero-order chi connectivity index (χ0) is 21.5. The first kappa shape index (κ1) is 20.6. The van der Waals surface area contributed by atoms with Gasteiger partial charge < -0.3 is 20.0 Å². The number of rotatable bonds is 4. The maximum absolute atomic E-state index is 6.18. The van der Waals surface area contributed by atoms with Crippen molar-refractivity contribution in [3.8, 4) is 17.1 Å². The lowest BCUT2D eigenvalue weighted by molar-refractivity contribution is 0.0773. The van der Waals surface area contributed by atoms with Crippen LogP contribution in [0, 0.1) is 13.8 Å². The Morgan fingerprint density at radius 1 is 1.19 bits per heavy atom. The molecule has 4 heterocycles. The van der Waals surface area contributed by atoms with Gasteiger partial charge in [-0.3, -0.25) is 0 Å². The normalized spacial score (nSPS) is 15.1. The van der Waals surface area contributed by atoms with E-state index in [4.69, 9.17) is 15.5 Å². The average molecular weight is 499 g/mol. The van der Waals surface area contributed by atoms with Crippen molar-refractivity contribution < 1.29 is 4.74 Å². The van der Waals surface area contributed by atoms with Crippen molar-refractivity contribution in [3.05, 3.63) is 52.4 Å². The van der Waals surface area contributed by atoms with Crippen LogP contribution in [0.2, 0.25) is 0 Å². The van der Waals surface area contributed by atoms with Crippen LogP contribution in [0.15, 0.2) is 45.9 Å². The number of ether oxygens (including phenoxy) is 1. The minimum atomic E-state index is 0.592. The second-order valence-electron chi connectivity index (χ2n) is 7.55. The number of nitrogen functional groups attached to an aromatic ring is 1. The van der Waals surface area contributed by atoms with E-state index in [-0.39, 0.29) is 0 Å². The van der Waals surface area contributed by atoms with E-state index >= 15 is 0 Å². The molecule has 7 nitrogen and oxygen atoms in total. The van der Waals surface area contributed by atoms with E-state index in [1.807, 2.05) is 0 Å². The molecule has 0 bridgehead atoms. The Morgan fingerprint density at radius 2 is 2.00 bits per heavy atom. The van der Waals surface area contributed by atoms with Crippen LogP contribution in [0.1, 0.15) is 11.4 Å². The van der Waals surface area contributed by atoms with Gasteiger partial charge in [-0.1, -0.05) is 6.07 Å². The molecular weight excluding hydrogens is 476 g/mol. The Hall–Kier alpha value is -2.33. The van der Waals surface area contributed by atoms with Crippen LogP contribution >= 0.6 is 27.9 Å². The summed E-state index contributed by atoms with van der Waals surface area (Å²) >= 11 is 5.22. The van der Waals surface area contributed by atoms with Gasteiger partial charge in [-0.05, 0) is 66.0 Å². The third kappa shape index (κ3) is 3.87. The van der Waals surface area contributed by atoms with E-state index in [0.29, 0.717) is 16.9 Å². The van der Waals surface area contributed by atoms with Gasteiger partial charge in [0.25, 0.3) is 0 Å². The predicted molar refractivity (Wildman–Crippen MR) is 128 cm³/mol. The number of aromatic amines is 1. The van der Waals surface area contributed by atoms with Crippen molar-refractivity contribution in [1.82, 2.24) is 23.8 Å². The molecule has 3 N–H and O–H groups in total. The number of aryl methyl sites for hydroxylation is 1. The number of nitrogens with two attached hydrogens (primary N) is 1. The lowest BCUT2D eigenvalue weighted by Gasteiger charge is -2.25. The maximum Gasteiger partial charge on any atom is 0.159 e. The molecule has 160 valence electrons. The Bertz CT molecular complexity index is 1260. The molecule has 1 saturated heterocycles. The standard InChI is InChI=1S/C22H23BrN6OS/c1-13-10-17(21-26-20-19(24)18(23)12-25-22(20)27-21)14(2)29(13)15-4-3-5-16(11-15)31-28-6-8-30-9-7-28/h3-5,10-12H,6-9H2,1-2H3,(H3,24,25,26,27). The highest BCUT2D eigenvalue weighted by atomic mass is 79.9. The van der Waals surface area contributed by atoms with Crippen molar-refractivity contribution in [3.63, 3.8) is 0 Å². The molecule has 0 aliphatic carbocycles. The van der Waals surface area contributed by atoms with Gasteiger partial charge in [0.15, 0.2) is 5.65 Å². The topological polar surface area (TPSA) is 85.0 Å². The van der Waals surface area contributed by atoms with Crippen molar-refractivity contribution in [2.24, 2.45) is 0 Å². The maximum atomic E-state index is 6.18. The summed E-state index contributed by atoms with van der Waals surface area (Å²) in [5.41, 5.74) is 12.6. The van der Waals surface area contributed by atoms with Gasteiger partial charge in [0.1, 0.15) is 11.3 Å². The van der Waals surface area contributed by atoms with E-state index in [1.165, 1.54) is 4.90 Å². The number of hydrogen-bond acceptors (Lipinski definition) is 6. The van der Waals surface area contributed by atoms with E-state index in [9.17, 15) is 0 Å². The van der Waals surface area contributed by atoms with Gasteiger partial charge in [-0.15, -0.1) is 0 Å². The van der Waals surface area contributed by atoms with Crippen molar-refractivity contribution in [2.45, 2.75) is 18.7 Å². The van der Waals surface area contributed by atoms with Crippen LogP contribution in [0.25, 0.3) is 28.2 Å². The monoisotopic (exact) mass is 498 g/mol. The van der Waals surface area contributed by atoms with Crippen LogP contribution < -0.4 is 5.73 Å². The van der Waals surface area contributed by atoms with E-state index in [0.717, 1.165) is 59.2 Å². The average Bonchev–Trinajstić information content (AvgIpc) is 3.33. The summed E-state index contributed by atoms with van der Waals surface area (Å²) in [7, 11) is 0. The summed E-state index contributed by atoms with van der Waals surface area (Å²) < 4.78 is 10.8. The fourth-order valence-electron chi connectivity index (χ4n) is 3.94. The van der Waals surface area contributed by atoms with Gasteiger partial charge in [-0.2, -0.15) is 0 Å². The molecule has 0 atom stereocenters. The largest absolute Gasteiger partial charge is 0.396 e. The lowest BCUT2D eigenvalue weighted by atomic mass is 10.2. The second kappa shape index (κ2) is 8.31. The van der Waals surface area contributed by atoms with Crippen LogP contribution in [0.5, 0.6) is 0 Å². The predicted octanol–water partition coefficient (Wildman–Crippen LogP) is 4.72. The first-order valence-electron chi connectivity index (χ1n) is 10.1. The van der Waals surface area contributed by atoms with Gasteiger partial charge >= 0.3 is 0 Å². The van der Waals surface area contributed by atoms with Crippen molar-refractivity contribution >= 4 is 44.7 Å². The molecule has 0 amide bonds. The minimum absolute atomic E-state index is 0.592. The van der Waals surface area contributed by atoms with Crippen molar-refractivity contribution in [1.29, 1.82) is 0 Å². The molecule has 0 spiro atoms. The fourth-order valence-corrected chi connectivity index (χ4v) is 5.18. The third-order valence-electron chi connectivity index (χ3n) is 5.47. The first-order chi connectivity index (χ1) is 15.0. The molecule has 4 aromatic rings. The lowest BCUT2D eigenvalue weighted by Crippen LogP contribution is -2.30. The molecule has 9 heteroatoms. The molecule has 1 aliphatic rings. The Balaban J connectivity index is 1.51. The fraction of sp³-hybridized carbons (Fsp3) is 0.273. The highest BCUT2D eigenvalue weighted by molar-refractivity contribution is 9.10. The zero-order valence-electron chi connectivity index (χ0n) is 17.4. The van der Waals surface area contributed by atoms with Crippen LogP contribution in [0.3, 0.4) is 0 Å².